The molecular weight excluding hydrogens is 783 g/mol. The van der Waals surface area contributed by atoms with E-state index in [0.717, 1.165) is 62.5 Å². The Labute approximate surface area is 294 Å². The number of fused-ring (bicyclic) bond motifs is 2. The first-order chi connectivity index (χ1) is 21.3. The number of aliphatic hydroxyl groups excluding tert-OH is 1. The number of nitriles is 1. The minimum Gasteiger partial charge on any atom is -0.512 e. The summed E-state index contributed by atoms with van der Waals surface area (Å²) >= 11 is 1.56. The van der Waals surface area contributed by atoms with Crippen molar-refractivity contribution in [3.8, 4) is 16.9 Å². The molecule has 0 aliphatic carbocycles. The van der Waals surface area contributed by atoms with Crippen LogP contribution in [0.5, 0.6) is 0 Å². The number of thiophene rings is 1. The van der Waals surface area contributed by atoms with Crippen LogP contribution in [0.3, 0.4) is 0 Å². The third kappa shape index (κ3) is 8.41. The second kappa shape index (κ2) is 16.6. The van der Waals surface area contributed by atoms with Crippen LogP contribution < -0.4 is 4.50 Å². The van der Waals surface area contributed by atoms with Crippen LogP contribution in [-0.4, -0.2) is 24.1 Å². The van der Waals surface area contributed by atoms with Crippen LogP contribution in [-0.2, 0) is 30.3 Å². The Kier molecular flexibility index (Phi) is 14.1. The summed E-state index contributed by atoms with van der Waals surface area (Å²) in [6.45, 7) is 26.2. The van der Waals surface area contributed by atoms with Crippen LogP contribution in [0.15, 0.2) is 54.4 Å². The molecule has 8 heteroatoms. The normalized spacial score (nSPS) is 13.0. The van der Waals surface area contributed by atoms with Crippen molar-refractivity contribution in [3.05, 3.63) is 82.7 Å². The quantitative estimate of drug-likeness (QED) is 0.0789. The number of aryl methyl sites for hydroxylation is 1. The van der Waals surface area contributed by atoms with E-state index in [1.54, 1.807) is 11.3 Å². The van der Waals surface area contributed by atoms with Gasteiger partial charge in [0, 0.05) is 61.2 Å². The van der Waals surface area contributed by atoms with Gasteiger partial charge in [0.2, 0.25) is 0 Å². The number of hydrogen-bond acceptors (Lipinski definition) is 5. The predicted octanol–water partition coefficient (Wildman–Crippen LogP) is 10.2. The Balaban J connectivity index is 0.000000394. The van der Waals surface area contributed by atoms with Crippen molar-refractivity contribution >= 4 is 50.7 Å². The van der Waals surface area contributed by atoms with Gasteiger partial charge in [-0.1, -0.05) is 77.6 Å². The minimum atomic E-state index is -2.83. The Morgan fingerprint density at radius 3 is 2.26 bits per heavy atom. The SMILES string of the molecule is CCC(CC)C(=O)/C=C(\O)C(CC)CC.[C-]#[N+][Si](C)(C#N)c1sc2c(-c3[c-]c4ccccc4c(C(C)(C)C)c3)nccc2c1C.[Ir]. The fourth-order valence-electron chi connectivity index (χ4n) is 5.69. The van der Waals surface area contributed by atoms with Crippen molar-refractivity contribution in [3.63, 3.8) is 0 Å². The molecule has 0 amide bonds. The third-order valence-corrected chi connectivity index (χ3v) is 13.4. The minimum absolute atomic E-state index is 0. The zero-order chi connectivity index (χ0) is 33.5. The van der Waals surface area contributed by atoms with E-state index in [1.807, 2.05) is 59.5 Å². The van der Waals surface area contributed by atoms with Gasteiger partial charge >= 0.3 is 8.24 Å². The molecule has 5 nitrogen and oxygen atoms in total. The summed E-state index contributed by atoms with van der Waals surface area (Å²) < 4.78 is 5.73. The van der Waals surface area contributed by atoms with Gasteiger partial charge in [0.05, 0.1) is 10.3 Å². The van der Waals surface area contributed by atoms with E-state index >= 15 is 0 Å². The first kappa shape index (κ1) is 39.0. The van der Waals surface area contributed by atoms with Crippen molar-refractivity contribution in [2.45, 2.75) is 93.0 Å². The molecule has 0 spiro atoms. The zero-order valence-electron chi connectivity index (χ0n) is 28.5. The van der Waals surface area contributed by atoms with Gasteiger partial charge in [-0.05, 0) is 55.0 Å². The van der Waals surface area contributed by atoms with E-state index in [-0.39, 0.29) is 48.9 Å². The summed E-state index contributed by atoms with van der Waals surface area (Å²) in [6.07, 6.45) is 6.73. The first-order valence-electron chi connectivity index (χ1n) is 15.9. The Bertz CT molecular complexity index is 1770. The number of aliphatic hydroxyl groups is 1. The Morgan fingerprint density at radius 1 is 1.11 bits per heavy atom. The van der Waals surface area contributed by atoms with Gasteiger partial charge in [0.15, 0.2) is 5.78 Å². The van der Waals surface area contributed by atoms with Crippen LogP contribution in [0, 0.1) is 42.4 Å². The molecule has 0 bridgehead atoms. The Hall–Kier alpha value is -3.13. The molecule has 2 aromatic carbocycles. The van der Waals surface area contributed by atoms with E-state index < -0.39 is 8.24 Å². The molecule has 245 valence electrons. The van der Waals surface area contributed by atoms with E-state index in [0.29, 0.717) is 0 Å². The van der Waals surface area contributed by atoms with Crippen LogP contribution >= 0.6 is 11.3 Å². The molecule has 1 radical (unpaired) electrons. The van der Waals surface area contributed by atoms with Gasteiger partial charge in [-0.3, -0.25) is 16.4 Å². The maximum atomic E-state index is 11.7. The molecule has 4 rings (SSSR count). The van der Waals surface area contributed by atoms with E-state index in [1.165, 1.54) is 17.0 Å². The Morgan fingerprint density at radius 2 is 1.72 bits per heavy atom. The third-order valence-electron chi connectivity index (χ3n) is 8.66. The number of carbonyl (C=O) groups excluding carboxylic acids is 1. The number of allylic oxidation sites excluding steroid dienone is 2. The number of pyridine rings is 1. The molecular formula is C38H46IrN3O2SSi-. The second-order valence-electron chi connectivity index (χ2n) is 12.8. The van der Waals surface area contributed by atoms with Gasteiger partial charge in [-0.25, -0.2) is 0 Å². The molecule has 2 aromatic heterocycles. The predicted molar refractivity (Wildman–Crippen MR) is 192 cm³/mol. The van der Waals surface area contributed by atoms with E-state index in [2.05, 4.69) is 61.3 Å². The summed E-state index contributed by atoms with van der Waals surface area (Å²) in [6, 6.07) is 16.1. The van der Waals surface area contributed by atoms with E-state index in [9.17, 15) is 15.2 Å². The van der Waals surface area contributed by atoms with Gasteiger partial charge in [-0.15, -0.1) is 40.5 Å². The van der Waals surface area contributed by atoms with Crippen LogP contribution in [0.1, 0.15) is 85.3 Å². The maximum absolute atomic E-state index is 11.7. The topological polar surface area (TPSA) is 78.3 Å². The number of nitrogens with zero attached hydrogens (tertiary/aromatic N) is 3. The molecule has 4 aromatic rings. The molecule has 0 aliphatic heterocycles. The summed E-state index contributed by atoms with van der Waals surface area (Å²) in [7, 11) is -2.83. The summed E-state index contributed by atoms with van der Waals surface area (Å²) in [5, 5.41) is 22.8. The number of ketones is 1. The molecule has 1 unspecified atom stereocenters. The van der Waals surface area contributed by atoms with E-state index in [4.69, 9.17) is 11.6 Å². The number of rotatable bonds is 9. The fourth-order valence-corrected chi connectivity index (χ4v) is 9.24. The van der Waals surface area contributed by atoms with Gasteiger partial charge in [0.25, 0.3) is 0 Å². The average Bonchev–Trinajstić information content (AvgIpc) is 3.38. The van der Waals surface area contributed by atoms with Crippen molar-refractivity contribution < 1.29 is 30.0 Å². The molecule has 0 aliphatic rings. The average molecular weight is 829 g/mol. The van der Waals surface area contributed by atoms with Gasteiger partial charge < -0.3 is 9.62 Å². The molecule has 0 saturated carbocycles. The number of benzene rings is 2. The van der Waals surface area contributed by atoms with Gasteiger partial charge in [-0.2, -0.15) is 5.26 Å². The summed E-state index contributed by atoms with van der Waals surface area (Å²) in [5.74, 6) is 0.547. The molecule has 1 atom stereocenters. The van der Waals surface area contributed by atoms with Gasteiger partial charge in [0.1, 0.15) is 5.69 Å². The zero-order valence-corrected chi connectivity index (χ0v) is 32.8. The van der Waals surface area contributed by atoms with Crippen LogP contribution in [0.2, 0.25) is 6.55 Å². The molecule has 0 fully saturated rings. The van der Waals surface area contributed by atoms with Crippen molar-refractivity contribution in [1.82, 2.24) is 4.98 Å². The summed E-state index contributed by atoms with van der Waals surface area (Å²) in [5.41, 5.74) is 6.44. The van der Waals surface area contributed by atoms with Crippen molar-refractivity contribution in [2.24, 2.45) is 11.8 Å². The first-order valence-corrected chi connectivity index (χ1v) is 19.1. The van der Waals surface area contributed by atoms with Crippen molar-refractivity contribution in [2.75, 3.05) is 0 Å². The molecule has 46 heavy (non-hydrogen) atoms. The van der Waals surface area contributed by atoms with Crippen LogP contribution in [0.4, 0.5) is 0 Å². The monoisotopic (exact) mass is 829 g/mol. The smallest absolute Gasteiger partial charge is 0.512 e. The summed E-state index contributed by atoms with van der Waals surface area (Å²) in [4.78, 5) is 16.4. The maximum Gasteiger partial charge on any atom is 0.589 e. The van der Waals surface area contributed by atoms with Crippen LogP contribution in [0.25, 0.3) is 36.6 Å². The molecule has 1 N–H and O–H groups in total. The number of hydrogen-bond donors (Lipinski definition) is 1. The molecule has 2 heterocycles. The fraction of sp³-hybridized carbons (Fsp3) is 0.421. The number of aromatic nitrogens is 1. The standard InChI is InChI=1S/C25H22N3SSi.C13H24O2.Ir/c1-16-19-11-12-28-22(23(19)29-24(16)30(6,15-26)27-5)18-13-17-9-7-8-10-20(17)21(14-18)25(2,3)4;1-5-10(6-2)12(14)9-13(15)11(7-3)8-4;/h7-12,14H,1-4,6H3;9-11,14H,5-8H2,1-4H3;/q-1;;/b;12-9-;. The largest absolute Gasteiger partial charge is 0.589 e. The number of carbonyl (C=O) groups is 1. The second-order valence-corrected chi connectivity index (χ2v) is 17.3. The van der Waals surface area contributed by atoms with Crippen molar-refractivity contribution in [1.29, 1.82) is 5.26 Å². The molecule has 0 saturated heterocycles.